The van der Waals surface area contributed by atoms with Crippen molar-refractivity contribution in [3.63, 3.8) is 0 Å². The first-order valence-electron chi connectivity index (χ1n) is 5.72. The highest BCUT2D eigenvalue weighted by Gasteiger charge is 2.39. The number of nitrogens with one attached hydrogen (secondary N) is 1. The van der Waals surface area contributed by atoms with Crippen molar-refractivity contribution in [2.24, 2.45) is 5.92 Å². The van der Waals surface area contributed by atoms with Crippen LogP contribution in [0.15, 0.2) is 18.3 Å². The lowest BCUT2D eigenvalue weighted by Crippen LogP contribution is -2.32. The molecule has 1 aromatic heterocycles. The summed E-state index contributed by atoms with van der Waals surface area (Å²) < 4.78 is 5.07. The number of esters is 1. The van der Waals surface area contributed by atoms with Gasteiger partial charge in [-0.25, -0.2) is 4.98 Å². The molecule has 1 aliphatic rings. The minimum Gasteiger partial charge on any atom is -0.460 e. The number of pyridine rings is 1. The lowest BCUT2D eigenvalue weighted by molar-refractivity contribution is -0.146. The molecule has 0 bridgehead atoms. The lowest BCUT2D eigenvalue weighted by Gasteiger charge is -2.13. The van der Waals surface area contributed by atoms with E-state index in [1.54, 1.807) is 12.1 Å². The average molecular weight is 362 g/mol. The third-order valence-corrected chi connectivity index (χ3v) is 3.99. The molecule has 1 aliphatic heterocycles. The number of amides is 2. The molecule has 1 fully saturated rings. The first-order valence-corrected chi connectivity index (χ1v) is 7.01. The van der Waals surface area contributed by atoms with E-state index in [9.17, 15) is 14.4 Å². The van der Waals surface area contributed by atoms with Crippen molar-refractivity contribution in [1.29, 1.82) is 0 Å². The fourth-order valence-corrected chi connectivity index (χ4v) is 2.37. The molecule has 106 valence electrons. The largest absolute Gasteiger partial charge is 0.460 e. The van der Waals surface area contributed by atoms with Crippen molar-refractivity contribution in [3.8, 4) is 0 Å². The zero-order valence-electron chi connectivity index (χ0n) is 10.1. The number of halogens is 2. The Balaban J connectivity index is 1.90. The quantitative estimate of drug-likeness (QED) is 0.377. The Morgan fingerprint density at radius 2 is 2.30 bits per heavy atom. The molecule has 2 amide bonds. The van der Waals surface area contributed by atoms with Crippen molar-refractivity contribution < 1.29 is 19.1 Å². The summed E-state index contributed by atoms with van der Waals surface area (Å²) in [6, 6.07) is 3.26. The summed E-state index contributed by atoms with van der Waals surface area (Å²) >= 11 is 8.74. The normalized spacial score (nSPS) is 19.6. The maximum Gasteiger partial charge on any atom is 0.320 e. The van der Waals surface area contributed by atoms with Crippen LogP contribution in [-0.4, -0.2) is 27.6 Å². The van der Waals surface area contributed by atoms with Gasteiger partial charge < -0.3 is 4.74 Å². The highest BCUT2D eigenvalue weighted by molar-refractivity contribution is 9.10. The zero-order chi connectivity index (χ0) is 14.7. The number of aromatic nitrogens is 1. The summed E-state index contributed by atoms with van der Waals surface area (Å²) in [5.41, 5.74) is 0.675. The van der Waals surface area contributed by atoms with E-state index in [1.165, 1.54) is 6.20 Å². The van der Waals surface area contributed by atoms with Crippen LogP contribution < -0.4 is 5.32 Å². The van der Waals surface area contributed by atoms with E-state index in [2.05, 4.69) is 26.2 Å². The van der Waals surface area contributed by atoms with Gasteiger partial charge in [0, 0.05) is 18.2 Å². The van der Waals surface area contributed by atoms with Crippen molar-refractivity contribution >= 4 is 45.3 Å². The number of ether oxygens (including phenoxy) is 1. The van der Waals surface area contributed by atoms with Gasteiger partial charge in [-0.2, -0.15) is 0 Å². The second-order valence-electron chi connectivity index (χ2n) is 4.22. The van der Waals surface area contributed by atoms with Crippen LogP contribution in [0.5, 0.6) is 0 Å². The van der Waals surface area contributed by atoms with Gasteiger partial charge in [0.25, 0.3) is 0 Å². The van der Waals surface area contributed by atoms with Crippen LogP contribution in [-0.2, 0) is 25.7 Å². The summed E-state index contributed by atoms with van der Waals surface area (Å²) in [4.78, 5) is 37.3. The third-order valence-electron chi connectivity index (χ3n) is 2.75. The van der Waals surface area contributed by atoms with Crippen LogP contribution in [0.4, 0.5) is 0 Å². The molecule has 0 saturated carbocycles. The Bertz CT molecular complexity index is 549. The van der Waals surface area contributed by atoms with E-state index >= 15 is 0 Å². The number of carbonyl (C=O) groups is 3. The molecule has 1 saturated heterocycles. The molecule has 20 heavy (non-hydrogen) atoms. The van der Waals surface area contributed by atoms with Gasteiger partial charge in [0.1, 0.15) is 16.6 Å². The van der Waals surface area contributed by atoms with Gasteiger partial charge in [0.15, 0.2) is 0 Å². The SMILES string of the molecule is O=C1CC(C(Br)C(=O)OCc2ccc(Cl)nc2)C(=O)N1. The Kier molecular flexibility index (Phi) is 4.72. The highest BCUT2D eigenvalue weighted by Crippen LogP contribution is 2.23. The summed E-state index contributed by atoms with van der Waals surface area (Å²) in [6.07, 6.45) is 1.47. The zero-order valence-corrected chi connectivity index (χ0v) is 12.5. The minimum atomic E-state index is -0.853. The van der Waals surface area contributed by atoms with Gasteiger partial charge in [-0.05, 0) is 6.07 Å². The number of carbonyl (C=O) groups excluding carboxylic acids is 3. The van der Waals surface area contributed by atoms with Gasteiger partial charge >= 0.3 is 5.97 Å². The van der Waals surface area contributed by atoms with Crippen molar-refractivity contribution in [3.05, 3.63) is 29.0 Å². The Morgan fingerprint density at radius 3 is 2.85 bits per heavy atom. The van der Waals surface area contributed by atoms with E-state index in [-0.39, 0.29) is 18.9 Å². The molecule has 0 aromatic carbocycles. The van der Waals surface area contributed by atoms with Gasteiger partial charge in [-0.15, -0.1) is 0 Å². The molecule has 2 atom stereocenters. The number of hydrogen-bond acceptors (Lipinski definition) is 5. The summed E-state index contributed by atoms with van der Waals surface area (Å²) in [6.45, 7) is 0.0212. The van der Waals surface area contributed by atoms with Crippen molar-refractivity contribution in [2.75, 3.05) is 0 Å². The minimum absolute atomic E-state index is 0.0212. The number of hydrogen-bond donors (Lipinski definition) is 1. The smallest absolute Gasteiger partial charge is 0.320 e. The molecular formula is C12H10BrClN2O4. The summed E-state index contributed by atoms with van der Waals surface area (Å²) in [5.74, 6) is -2.20. The molecule has 0 spiro atoms. The van der Waals surface area contributed by atoms with Crippen LogP contribution in [0, 0.1) is 5.92 Å². The molecule has 1 N–H and O–H groups in total. The van der Waals surface area contributed by atoms with Crippen molar-refractivity contribution in [2.45, 2.75) is 17.9 Å². The van der Waals surface area contributed by atoms with Crippen LogP contribution >= 0.6 is 27.5 Å². The molecular weight excluding hydrogens is 351 g/mol. The van der Waals surface area contributed by atoms with E-state index < -0.39 is 22.6 Å². The van der Waals surface area contributed by atoms with Crippen LogP contribution in [0.1, 0.15) is 12.0 Å². The molecule has 6 nitrogen and oxygen atoms in total. The van der Waals surface area contributed by atoms with Crippen LogP contribution in [0.25, 0.3) is 0 Å². The predicted octanol–water partition coefficient (Wildman–Crippen LogP) is 1.20. The molecule has 1 aromatic rings. The first-order chi connectivity index (χ1) is 9.47. The maximum absolute atomic E-state index is 11.8. The summed E-state index contributed by atoms with van der Waals surface area (Å²) in [5, 5.41) is 2.49. The lowest BCUT2D eigenvalue weighted by atomic mass is 10.0. The van der Waals surface area contributed by atoms with Crippen molar-refractivity contribution in [1.82, 2.24) is 10.3 Å². The number of imide groups is 1. The van der Waals surface area contributed by atoms with Crippen LogP contribution in [0.3, 0.4) is 0 Å². The Morgan fingerprint density at radius 1 is 1.55 bits per heavy atom. The molecule has 2 heterocycles. The van der Waals surface area contributed by atoms with E-state index in [0.29, 0.717) is 10.7 Å². The monoisotopic (exact) mass is 360 g/mol. The van der Waals surface area contributed by atoms with Gasteiger partial charge in [-0.3, -0.25) is 19.7 Å². The fraction of sp³-hybridized carbons (Fsp3) is 0.333. The average Bonchev–Trinajstić information content (AvgIpc) is 2.76. The maximum atomic E-state index is 11.8. The second kappa shape index (κ2) is 6.32. The molecule has 2 rings (SSSR count). The number of rotatable bonds is 4. The molecule has 0 radical (unpaired) electrons. The number of nitrogens with zero attached hydrogens (tertiary/aromatic N) is 1. The summed E-state index contributed by atoms with van der Waals surface area (Å²) in [7, 11) is 0. The van der Waals surface area contributed by atoms with Crippen LogP contribution in [0.2, 0.25) is 5.15 Å². The molecule has 0 aliphatic carbocycles. The molecule has 2 unspecified atom stereocenters. The van der Waals surface area contributed by atoms with Gasteiger partial charge in [-0.1, -0.05) is 33.6 Å². The standard InChI is InChI=1S/C12H10BrClN2O4/c13-10(7-3-9(17)16-11(7)18)12(19)20-5-6-1-2-8(14)15-4-6/h1-2,4,7,10H,3,5H2,(H,16,17,18). The van der Waals surface area contributed by atoms with E-state index in [0.717, 1.165) is 0 Å². The topological polar surface area (TPSA) is 85.4 Å². The van der Waals surface area contributed by atoms with Gasteiger partial charge in [0.05, 0.1) is 5.92 Å². The predicted molar refractivity (Wildman–Crippen MR) is 73.0 cm³/mol. The third kappa shape index (κ3) is 3.55. The highest BCUT2D eigenvalue weighted by atomic mass is 79.9. The van der Waals surface area contributed by atoms with E-state index in [1.807, 2.05) is 0 Å². The Hall–Kier alpha value is -1.47. The number of alkyl halides is 1. The fourth-order valence-electron chi connectivity index (χ4n) is 1.70. The molecule has 8 heteroatoms. The second-order valence-corrected chi connectivity index (χ2v) is 5.60. The first kappa shape index (κ1) is 14.9. The van der Waals surface area contributed by atoms with E-state index in [4.69, 9.17) is 16.3 Å². The Labute approximate surface area is 128 Å². The van der Waals surface area contributed by atoms with Gasteiger partial charge in [0.2, 0.25) is 11.8 Å².